The van der Waals surface area contributed by atoms with E-state index in [0.717, 1.165) is 0 Å². The number of rotatable bonds is 4. The number of nitrogens with zero attached hydrogens (tertiary/aromatic N) is 1. The molecule has 0 amide bonds. The topological polar surface area (TPSA) is 89.7 Å². The molecule has 0 aliphatic rings. The molecule has 0 heterocycles. The quantitative estimate of drug-likeness (QED) is 0.659. The zero-order valence-electron chi connectivity index (χ0n) is 10.9. The van der Waals surface area contributed by atoms with Crippen LogP contribution in [0.25, 0.3) is 0 Å². The van der Waals surface area contributed by atoms with Crippen molar-refractivity contribution in [2.24, 2.45) is 0 Å². The van der Waals surface area contributed by atoms with Crippen LogP contribution < -0.4 is 4.74 Å². The second-order valence-electron chi connectivity index (χ2n) is 4.28. The number of nitro benzene ring substituents is 1. The van der Waals surface area contributed by atoms with E-state index < -0.39 is 10.9 Å². The Hall–Kier alpha value is -2.41. The van der Waals surface area contributed by atoms with Crippen LogP contribution in [0.1, 0.15) is 15.9 Å². The summed E-state index contributed by atoms with van der Waals surface area (Å²) < 4.78 is 6.06. The van der Waals surface area contributed by atoms with E-state index >= 15 is 0 Å². The smallest absolute Gasteiger partial charge is 0.339 e. The number of carboxylic acid groups (broad SMARTS) is 1. The van der Waals surface area contributed by atoms with E-state index in [2.05, 4.69) is 15.9 Å². The van der Waals surface area contributed by atoms with E-state index in [1.54, 1.807) is 19.1 Å². The summed E-state index contributed by atoms with van der Waals surface area (Å²) in [4.78, 5) is 21.6. The Kier molecular flexibility index (Phi) is 4.23. The minimum atomic E-state index is -1.17. The van der Waals surface area contributed by atoms with Gasteiger partial charge in [0, 0.05) is 10.5 Å². The minimum absolute atomic E-state index is 0.00815. The normalized spacial score (nSPS) is 10.2. The fourth-order valence-electron chi connectivity index (χ4n) is 1.73. The standard InChI is InChI=1S/C14H10BrNO5/c1-8-2-5-12(11(6-8)16(19)20)21-13-7-9(15)3-4-10(13)14(17)18/h2-7H,1H3,(H,17,18). The Balaban J connectivity index is 2.50. The number of halogens is 1. The van der Waals surface area contributed by atoms with Gasteiger partial charge in [-0.2, -0.15) is 0 Å². The highest BCUT2D eigenvalue weighted by Gasteiger charge is 2.19. The Morgan fingerprint density at radius 3 is 2.57 bits per heavy atom. The van der Waals surface area contributed by atoms with Gasteiger partial charge < -0.3 is 9.84 Å². The number of carboxylic acids is 1. The summed E-state index contributed by atoms with van der Waals surface area (Å²) in [6.07, 6.45) is 0. The summed E-state index contributed by atoms with van der Waals surface area (Å²) in [5, 5.41) is 20.2. The summed E-state index contributed by atoms with van der Waals surface area (Å²) in [6, 6.07) is 8.84. The van der Waals surface area contributed by atoms with Gasteiger partial charge in [-0.3, -0.25) is 10.1 Å². The van der Waals surface area contributed by atoms with Crippen molar-refractivity contribution in [2.45, 2.75) is 6.92 Å². The van der Waals surface area contributed by atoms with E-state index in [0.29, 0.717) is 10.0 Å². The van der Waals surface area contributed by atoms with Gasteiger partial charge in [0.1, 0.15) is 11.3 Å². The number of benzene rings is 2. The Labute approximate surface area is 128 Å². The van der Waals surface area contributed by atoms with Crippen molar-refractivity contribution in [1.29, 1.82) is 0 Å². The molecule has 0 aliphatic heterocycles. The molecule has 0 radical (unpaired) electrons. The molecule has 0 fully saturated rings. The Morgan fingerprint density at radius 1 is 1.24 bits per heavy atom. The van der Waals surface area contributed by atoms with Crippen LogP contribution in [0.5, 0.6) is 11.5 Å². The number of hydrogen-bond donors (Lipinski definition) is 1. The van der Waals surface area contributed by atoms with E-state index in [1.807, 2.05) is 0 Å². The molecule has 0 aromatic heterocycles. The summed E-state index contributed by atoms with van der Waals surface area (Å²) in [7, 11) is 0. The van der Waals surface area contributed by atoms with E-state index in [4.69, 9.17) is 9.84 Å². The molecule has 108 valence electrons. The van der Waals surface area contributed by atoms with Crippen LogP contribution in [0.4, 0.5) is 5.69 Å². The molecule has 0 aliphatic carbocycles. The van der Waals surface area contributed by atoms with Crippen molar-refractivity contribution in [2.75, 3.05) is 0 Å². The van der Waals surface area contributed by atoms with Crippen LogP contribution in [0, 0.1) is 17.0 Å². The number of aryl methyl sites for hydroxylation is 1. The lowest BCUT2D eigenvalue weighted by atomic mass is 10.2. The predicted molar refractivity (Wildman–Crippen MR) is 79.0 cm³/mol. The first kappa shape index (κ1) is 15.0. The molecule has 21 heavy (non-hydrogen) atoms. The van der Waals surface area contributed by atoms with Crippen molar-refractivity contribution < 1.29 is 19.6 Å². The molecular formula is C14H10BrNO5. The molecule has 2 aromatic rings. The molecule has 1 N–H and O–H groups in total. The maximum absolute atomic E-state index is 11.2. The van der Waals surface area contributed by atoms with Gasteiger partial charge in [-0.1, -0.05) is 22.0 Å². The van der Waals surface area contributed by atoms with Gasteiger partial charge in [0.05, 0.1) is 4.92 Å². The van der Waals surface area contributed by atoms with Gasteiger partial charge in [0.25, 0.3) is 0 Å². The first-order valence-corrected chi connectivity index (χ1v) is 6.63. The number of hydrogen-bond acceptors (Lipinski definition) is 4. The van der Waals surface area contributed by atoms with Gasteiger partial charge in [-0.05, 0) is 36.8 Å². The maximum Gasteiger partial charge on any atom is 0.339 e. The SMILES string of the molecule is Cc1ccc(Oc2cc(Br)ccc2C(=O)O)c([N+](=O)[O-])c1. The largest absolute Gasteiger partial charge is 0.478 e. The van der Waals surface area contributed by atoms with E-state index in [1.165, 1.54) is 24.3 Å². The molecule has 6 nitrogen and oxygen atoms in total. The van der Waals surface area contributed by atoms with Gasteiger partial charge >= 0.3 is 11.7 Å². The van der Waals surface area contributed by atoms with Crippen LogP contribution in [0.2, 0.25) is 0 Å². The predicted octanol–water partition coefficient (Wildman–Crippen LogP) is 4.16. The zero-order valence-corrected chi connectivity index (χ0v) is 12.5. The second kappa shape index (κ2) is 5.92. The van der Waals surface area contributed by atoms with Crippen LogP contribution in [-0.2, 0) is 0 Å². The van der Waals surface area contributed by atoms with Gasteiger partial charge in [0.15, 0.2) is 0 Å². The highest BCUT2D eigenvalue weighted by Crippen LogP contribution is 2.34. The Morgan fingerprint density at radius 2 is 1.95 bits per heavy atom. The lowest BCUT2D eigenvalue weighted by Crippen LogP contribution is -2.01. The molecule has 0 atom stereocenters. The van der Waals surface area contributed by atoms with Gasteiger partial charge in [-0.25, -0.2) is 4.79 Å². The third-order valence-corrected chi connectivity index (χ3v) is 3.20. The zero-order chi connectivity index (χ0) is 15.6. The molecule has 0 saturated heterocycles. The van der Waals surface area contributed by atoms with Crippen molar-refractivity contribution >= 4 is 27.6 Å². The number of aromatic carboxylic acids is 1. The van der Waals surface area contributed by atoms with Crippen LogP contribution >= 0.6 is 15.9 Å². The van der Waals surface area contributed by atoms with Gasteiger partial charge in [-0.15, -0.1) is 0 Å². The first-order chi connectivity index (χ1) is 9.88. The molecule has 2 rings (SSSR count). The fraction of sp³-hybridized carbons (Fsp3) is 0.0714. The van der Waals surface area contributed by atoms with E-state index in [9.17, 15) is 14.9 Å². The summed E-state index contributed by atoms with van der Waals surface area (Å²) in [5.74, 6) is -1.15. The van der Waals surface area contributed by atoms with Crippen molar-refractivity contribution in [3.63, 3.8) is 0 Å². The molecule has 2 aromatic carbocycles. The van der Waals surface area contributed by atoms with Crippen LogP contribution in [0.15, 0.2) is 40.9 Å². The average Bonchev–Trinajstić information content (AvgIpc) is 2.40. The van der Waals surface area contributed by atoms with Crippen molar-refractivity contribution in [3.05, 3.63) is 62.1 Å². The molecule has 0 bridgehead atoms. The lowest BCUT2D eigenvalue weighted by Gasteiger charge is -2.10. The third kappa shape index (κ3) is 3.38. The average molecular weight is 352 g/mol. The molecule has 0 saturated carbocycles. The lowest BCUT2D eigenvalue weighted by molar-refractivity contribution is -0.385. The fourth-order valence-corrected chi connectivity index (χ4v) is 2.07. The van der Waals surface area contributed by atoms with Gasteiger partial charge in [0.2, 0.25) is 5.75 Å². The second-order valence-corrected chi connectivity index (χ2v) is 5.19. The Bertz CT molecular complexity index is 729. The summed E-state index contributed by atoms with van der Waals surface area (Å²) in [6.45, 7) is 1.72. The minimum Gasteiger partial charge on any atom is -0.478 e. The van der Waals surface area contributed by atoms with Crippen molar-refractivity contribution in [1.82, 2.24) is 0 Å². The monoisotopic (exact) mass is 351 g/mol. The number of ether oxygens (including phenoxy) is 1. The van der Waals surface area contributed by atoms with E-state index in [-0.39, 0.29) is 22.7 Å². The molecule has 7 heteroatoms. The number of carbonyl (C=O) groups is 1. The molecule has 0 unspecified atom stereocenters. The number of nitro groups is 1. The highest BCUT2D eigenvalue weighted by molar-refractivity contribution is 9.10. The summed E-state index contributed by atoms with van der Waals surface area (Å²) >= 11 is 3.21. The van der Waals surface area contributed by atoms with Crippen LogP contribution in [0.3, 0.4) is 0 Å². The first-order valence-electron chi connectivity index (χ1n) is 5.84. The maximum atomic E-state index is 11.2. The van der Waals surface area contributed by atoms with Crippen LogP contribution in [-0.4, -0.2) is 16.0 Å². The van der Waals surface area contributed by atoms with Crippen molar-refractivity contribution in [3.8, 4) is 11.5 Å². The molecule has 0 spiro atoms. The molecular weight excluding hydrogens is 342 g/mol. The third-order valence-electron chi connectivity index (χ3n) is 2.71. The summed E-state index contributed by atoms with van der Waals surface area (Å²) in [5.41, 5.74) is 0.418. The highest BCUT2D eigenvalue weighted by atomic mass is 79.9.